The minimum atomic E-state index is -3.59. The van der Waals surface area contributed by atoms with Gasteiger partial charge in [-0.25, -0.2) is 8.42 Å². The van der Waals surface area contributed by atoms with E-state index in [4.69, 9.17) is 4.74 Å². The van der Waals surface area contributed by atoms with Gasteiger partial charge >= 0.3 is 0 Å². The Morgan fingerprint density at radius 3 is 2.42 bits per heavy atom. The first kappa shape index (κ1) is 18.7. The molecule has 1 saturated heterocycles. The fourth-order valence-electron chi connectivity index (χ4n) is 3.05. The van der Waals surface area contributed by atoms with Crippen molar-refractivity contribution in [1.82, 2.24) is 9.21 Å². The fourth-order valence-corrected chi connectivity index (χ4v) is 4.58. The van der Waals surface area contributed by atoms with Crippen molar-refractivity contribution in [2.24, 2.45) is 5.92 Å². The molecular weight excluding hydrogens is 328 g/mol. The van der Waals surface area contributed by atoms with Gasteiger partial charge in [0, 0.05) is 26.2 Å². The number of ether oxygens (including phenoxy) is 1. The van der Waals surface area contributed by atoms with Crippen LogP contribution in [0.5, 0.6) is 5.75 Å². The summed E-state index contributed by atoms with van der Waals surface area (Å²) in [4.78, 5) is 14.5. The molecule has 1 fully saturated rings. The van der Waals surface area contributed by atoms with Crippen molar-refractivity contribution in [2.45, 2.75) is 31.6 Å². The van der Waals surface area contributed by atoms with E-state index in [1.165, 1.54) is 11.4 Å². The Kier molecular flexibility index (Phi) is 6.23. The summed E-state index contributed by atoms with van der Waals surface area (Å²) in [6.45, 7) is 5.89. The van der Waals surface area contributed by atoms with E-state index in [1.807, 2.05) is 13.8 Å². The van der Waals surface area contributed by atoms with Gasteiger partial charge in [0.2, 0.25) is 15.9 Å². The smallest absolute Gasteiger partial charge is 0.243 e. The van der Waals surface area contributed by atoms with Crippen LogP contribution in [0.25, 0.3) is 0 Å². The SMILES string of the molecule is CCN(CC)C(=O)C1CCCN(S(=O)(=O)c2ccc(OC)cc2)C1. The fraction of sp³-hybridized carbons (Fsp3) is 0.588. The summed E-state index contributed by atoms with van der Waals surface area (Å²) >= 11 is 0. The first-order valence-electron chi connectivity index (χ1n) is 8.37. The van der Waals surface area contributed by atoms with Gasteiger partial charge in [0.25, 0.3) is 0 Å². The predicted molar refractivity (Wildman–Crippen MR) is 92.4 cm³/mol. The molecule has 24 heavy (non-hydrogen) atoms. The molecule has 1 aromatic carbocycles. The van der Waals surface area contributed by atoms with Gasteiger partial charge in [-0.15, -0.1) is 0 Å². The maximum absolute atomic E-state index is 12.8. The van der Waals surface area contributed by atoms with E-state index in [0.717, 1.165) is 6.42 Å². The van der Waals surface area contributed by atoms with Crippen LogP contribution in [0.3, 0.4) is 0 Å². The summed E-state index contributed by atoms with van der Waals surface area (Å²) in [7, 11) is -2.05. The van der Waals surface area contributed by atoms with Gasteiger partial charge in [-0.05, 0) is 51.0 Å². The second-order valence-electron chi connectivity index (χ2n) is 5.89. The molecule has 1 unspecified atom stereocenters. The normalized spacial score (nSPS) is 19.0. The number of hydrogen-bond acceptors (Lipinski definition) is 4. The van der Waals surface area contributed by atoms with Crippen LogP contribution in [0, 0.1) is 5.92 Å². The Hall–Kier alpha value is -1.60. The highest BCUT2D eigenvalue weighted by Gasteiger charge is 2.34. The van der Waals surface area contributed by atoms with E-state index in [-0.39, 0.29) is 23.3 Å². The number of methoxy groups -OCH3 is 1. The standard InChI is InChI=1S/C17H26N2O4S/c1-4-18(5-2)17(20)14-7-6-12-19(13-14)24(21,22)16-10-8-15(23-3)9-11-16/h8-11,14H,4-7,12-13H2,1-3H3. The predicted octanol–water partition coefficient (Wildman–Crippen LogP) is 1.96. The zero-order valence-corrected chi connectivity index (χ0v) is 15.4. The van der Waals surface area contributed by atoms with Gasteiger partial charge in [-0.2, -0.15) is 4.31 Å². The Morgan fingerprint density at radius 1 is 1.25 bits per heavy atom. The topological polar surface area (TPSA) is 66.9 Å². The van der Waals surface area contributed by atoms with Crippen molar-refractivity contribution >= 4 is 15.9 Å². The van der Waals surface area contributed by atoms with E-state index in [1.54, 1.807) is 29.2 Å². The molecule has 6 nitrogen and oxygen atoms in total. The van der Waals surface area contributed by atoms with Gasteiger partial charge in [-0.1, -0.05) is 0 Å². The van der Waals surface area contributed by atoms with Crippen LogP contribution in [0.1, 0.15) is 26.7 Å². The van der Waals surface area contributed by atoms with Crippen LogP contribution in [-0.2, 0) is 14.8 Å². The molecule has 1 atom stereocenters. The lowest BCUT2D eigenvalue weighted by Gasteiger charge is -2.33. The summed E-state index contributed by atoms with van der Waals surface area (Å²) in [6, 6.07) is 6.36. The van der Waals surface area contributed by atoms with Gasteiger partial charge in [0.05, 0.1) is 17.9 Å². The van der Waals surface area contributed by atoms with Gasteiger partial charge in [0.15, 0.2) is 0 Å². The van der Waals surface area contributed by atoms with E-state index in [2.05, 4.69) is 0 Å². The number of amides is 1. The second kappa shape index (κ2) is 7.98. The Morgan fingerprint density at radius 2 is 1.88 bits per heavy atom. The largest absolute Gasteiger partial charge is 0.497 e. The van der Waals surface area contributed by atoms with Crippen molar-refractivity contribution in [2.75, 3.05) is 33.3 Å². The molecule has 1 aliphatic heterocycles. The minimum Gasteiger partial charge on any atom is -0.497 e. The Bertz CT molecular complexity index is 654. The highest BCUT2D eigenvalue weighted by molar-refractivity contribution is 7.89. The number of nitrogens with zero attached hydrogens (tertiary/aromatic N) is 2. The molecular formula is C17H26N2O4S. The second-order valence-corrected chi connectivity index (χ2v) is 7.83. The Balaban J connectivity index is 2.16. The van der Waals surface area contributed by atoms with Crippen LogP contribution in [-0.4, -0.2) is 56.8 Å². The molecule has 0 saturated carbocycles. The summed E-state index contributed by atoms with van der Waals surface area (Å²) < 4.78 is 32.2. The molecule has 7 heteroatoms. The van der Waals surface area contributed by atoms with Crippen molar-refractivity contribution in [3.63, 3.8) is 0 Å². The quantitative estimate of drug-likeness (QED) is 0.783. The highest BCUT2D eigenvalue weighted by atomic mass is 32.2. The van der Waals surface area contributed by atoms with E-state index in [0.29, 0.717) is 31.8 Å². The molecule has 1 aliphatic rings. The van der Waals surface area contributed by atoms with Crippen LogP contribution in [0.4, 0.5) is 0 Å². The molecule has 0 aliphatic carbocycles. The van der Waals surface area contributed by atoms with E-state index < -0.39 is 10.0 Å². The monoisotopic (exact) mass is 354 g/mol. The lowest BCUT2D eigenvalue weighted by Crippen LogP contribution is -2.46. The number of hydrogen-bond donors (Lipinski definition) is 0. The third kappa shape index (κ3) is 3.89. The van der Waals surface area contributed by atoms with Gasteiger partial charge < -0.3 is 9.64 Å². The van der Waals surface area contributed by atoms with Gasteiger partial charge in [-0.3, -0.25) is 4.79 Å². The lowest BCUT2D eigenvalue weighted by molar-refractivity contribution is -0.136. The highest BCUT2D eigenvalue weighted by Crippen LogP contribution is 2.26. The number of rotatable bonds is 6. The zero-order chi connectivity index (χ0) is 17.7. The summed E-state index contributed by atoms with van der Waals surface area (Å²) in [5.74, 6) is 0.406. The van der Waals surface area contributed by atoms with Crippen LogP contribution in [0.15, 0.2) is 29.2 Å². The first-order chi connectivity index (χ1) is 11.4. The maximum Gasteiger partial charge on any atom is 0.243 e. The van der Waals surface area contributed by atoms with E-state index in [9.17, 15) is 13.2 Å². The molecule has 134 valence electrons. The van der Waals surface area contributed by atoms with Crippen molar-refractivity contribution in [3.8, 4) is 5.75 Å². The minimum absolute atomic E-state index is 0.0506. The zero-order valence-electron chi connectivity index (χ0n) is 14.6. The molecule has 0 radical (unpaired) electrons. The number of sulfonamides is 1. The third-order valence-electron chi connectivity index (χ3n) is 4.51. The molecule has 0 aromatic heterocycles. The van der Waals surface area contributed by atoms with Gasteiger partial charge in [0.1, 0.15) is 5.75 Å². The Labute approximate surface area is 144 Å². The molecule has 0 N–H and O–H groups in total. The van der Waals surface area contributed by atoms with Crippen molar-refractivity contribution < 1.29 is 17.9 Å². The number of piperidine rings is 1. The third-order valence-corrected chi connectivity index (χ3v) is 6.39. The van der Waals surface area contributed by atoms with Crippen molar-refractivity contribution in [1.29, 1.82) is 0 Å². The molecule has 2 rings (SSSR count). The number of carbonyl (C=O) groups excluding carboxylic acids is 1. The number of carbonyl (C=O) groups is 1. The molecule has 0 spiro atoms. The first-order valence-corrected chi connectivity index (χ1v) is 9.81. The van der Waals surface area contributed by atoms with Crippen LogP contribution in [0.2, 0.25) is 0 Å². The van der Waals surface area contributed by atoms with Crippen molar-refractivity contribution in [3.05, 3.63) is 24.3 Å². The summed E-state index contributed by atoms with van der Waals surface area (Å²) in [6.07, 6.45) is 1.44. The summed E-state index contributed by atoms with van der Waals surface area (Å²) in [5.41, 5.74) is 0. The number of benzene rings is 1. The maximum atomic E-state index is 12.8. The summed E-state index contributed by atoms with van der Waals surface area (Å²) in [5, 5.41) is 0. The molecule has 1 amide bonds. The average Bonchev–Trinajstić information content (AvgIpc) is 2.62. The molecule has 1 aromatic rings. The molecule has 0 bridgehead atoms. The van der Waals surface area contributed by atoms with Crippen LogP contribution >= 0.6 is 0 Å². The molecule has 1 heterocycles. The van der Waals surface area contributed by atoms with E-state index >= 15 is 0 Å². The van der Waals surface area contributed by atoms with Crippen LogP contribution < -0.4 is 4.74 Å². The lowest BCUT2D eigenvalue weighted by atomic mass is 9.98. The average molecular weight is 354 g/mol.